The van der Waals surface area contributed by atoms with Crippen LogP contribution in [0.15, 0.2) is 46.2 Å². The Hall–Kier alpha value is -2.50. The van der Waals surface area contributed by atoms with Crippen LogP contribution in [0.4, 0.5) is 0 Å². The molecule has 5 aliphatic rings. The summed E-state index contributed by atoms with van der Waals surface area (Å²) in [5.74, 6) is 0.0546. The normalized spacial score (nSPS) is 29.8. The molecule has 1 aliphatic carbocycles. The molecule has 0 amide bonds. The van der Waals surface area contributed by atoms with Gasteiger partial charge in [0.25, 0.3) is 0 Å². The molecule has 4 saturated heterocycles. The molecule has 4 aliphatic heterocycles. The number of benzene rings is 3. The molecule has 4 fully saturated rings. The first-order valence-corrected chi connectivity index (χ1v) is 18.3. The SMILES string of the molecule is Cc1cc(S(=O)(=O)[O-])c2c(c1OS(=O)(=O)c1c(C3CC4CCC3O4)cc3ccccc3c1C13CCC(CC1)O3)CCCC2. The van der Waals surface area contributed by atoms with Gasteiger partial charge in [0.2, 0.25) is 0 Å². The average molecular weight is 624 g/mol. The highest BCUT2D eigenvalue weighted by atomic mass is 32.2. The Kier molecular flexibility index (Phi) is 6.35. The lowest BCUT2D eigenvalue weighted by atomic mass is 9.77. The molecular weight excluding hydrogens is 588 g/mol. The van der Waals surface area contributed by atoms with Crippen molar-refractivity contribution in [1.29, 1.82) is 0 Å². The minimum Gasteiger partial charge on any atom is -0.744 e. The molecule has 3 atom stereocenters. The largest absolute Gasteiger partial charge is 0.744 e. The zero-order valence-electron chi connectivity index (χ0n) is 24.1. The number of hydrogen-bond acceptors (Lipinski definition) is 8. The van der Waals surface area contributed by atoms with Crippen molar-refractivity contribution in [2.45, 2.75) is 117 Å². The number of fused-ring (bicyclic) bond motifs is 6. The number of aryl methyl sites for hydroxylation is 1. The van der Waals surface area contributed by atoms with Gasteiger partial charge in [-0.2, -0.15) is 8.42 Å². The van der Waals surface area contributed by atoms with Crippen LogP contribution in [0.2, 0.25) is 0 Å². The molecule has 4 bridgehead atoms. The van der Waals surface area contributed by atoms with E-state index in [0.29, 0.717) is 35.1 Å². The summed E-state index contributed by atoms with van der Waals surface area (Å²) in [4.78, 5) is -0.0923. The summed E-state index contributed by atoms with van der Waals surface area (Å²) in [7, 11) is -9.19. The molecular formula is C33H35O8S2-. The molecule has 0 spiro atoms. The van der Waals surface area contributed by atoms with E-state index in [9.17, 15) is 21.4 Å². The average Bonchev–Trinajstić information content (AvgIpc) is 3.79. The molecule has 0 N–H and O–H groups in total. The van der Waals surface area contributed by atoms with Crippen LogP contribution in [0.1, 0.15) is 91.5 Å². The third-order valence-electron chi connectivity index (χ3n) is 10.6. The standard InChI is InChI=1S/C33H36O8S2/c1-19-16-29(42(34,35)36)24-8-4-5-9-25(24)31(19)41-43(37,38)32-27(26-18-22-10-11-28(26)39-22)17-20-6-2-3-7-23(20)30(32)33-14-12-21(40-33)13-15-33/h2-3,6-7,16-17,21-22,26,28H,4-5,8-15,18H2,1H3,(H,34,35,36)/p-1. The van der Waals surface area contributed by atoms with Crippen LogP contribution < -0.4 is 4.18 Å². The van der Waals surface area contributed by atoms with Crippen molar-refractivity contribution in [2.75, 3.05) is 0 Å². The van der Waals surface area contributed by atoms with E-state index in [-0.39, 0.29) is 39.8 Å². The summed E-state index contributed by atoms with van der Waals surface area (Å²) >= 11 is 0. The maximum Gasteiger partial charge on any atom is 0.339 e. The fraction of sp³-hybridized carbons (Fsp3) is 0.515. The maximum absolute atomic E-state index is 14.9. The molecule has 0 aromatic heterocycles. The Balaban J connectivity index is 1.37. The Morgan fingerprint density at radius 2 is 1.67 bits per heavy atom. The van der Waals surface area contributed by atoms with Crippen LogP contribution >= 0.6 is 0 Å². The van der Waals surface area contributed by atoms with E-state index in [1.54, 1.807) is 6.92 Å². The highest BCUT2D eigenvalue weighted by molar-refractivity contribution is 7.87. The van der Waals surface area contributed by atoms with E-state index >= 15 is 0 Å². The molecule has 8 rings (SSSR count). The first-order chi connectivity index (χ1) is 20.5. The van der Waals surface area contributed by atoms with Crippen LogP contribution in [-0.2, 0) is 48.2 Å². The minimum atomic E-state index is -4.74. The summed E-state index contributed by atoms with van der Waals surface area (Å²) in [6.07, 6.45) is 8.34. The van der Waals surface area contributed by atoms with E-state index in [4.69, 9.17) is 13.7 Å². The Morgan fingerprint density at radius 1 is 0.930 bits per heavy atom. The second-order valence-electron chi connectivity index (χ2n) is 13.1. The van der Waals surface area contributed by atoms with Gasteiger partial charge in [0, 0.05) is 17.0 Å². The van der Waals surface area contributed by atoms with Gasteiger partial charge in [-0.25, -0.2) is 8.42 Å². The van der Waals surface area contributed by atoms with Gasteiger partial charge in [-0.3, -0.25) is 0 Å². The maximum atomic E-state index is 14.9. The zero-order chi connectivity index (χ0) is 29.7. The summed E-state index contributed by atoms with van der Waals surface area (Å²) in [6.45, 7) is 1.61. The molecule has 43 heavy (non-hydrogen) atoms. The number of hydrogen-bond donors (Lipinski definition) is 0. The van der Waals surface area contributed by atoms with E-state index in [1.807, 2.05) is 30.3 Å². The topological polar surface area (TPSA) is 119 Å². The predicted octanol–water partition coefficient (Wildman–Crippen LogP) is 5.90. The summed E-state index contributed by atoms with van der Waals surface area (Å²) < 4.78 is 85.4. The Labute approximate surface area is 252 Å². The molecule has 228 valence electrons. The fourth-order valence-electron chi connectivity index (χ4n) is 8.74. The predicted molar refractivity (Wildman–Crippen MR) is 158 cm³/mol. The third-order valence-corrected chi connectivity index (χ3v) is 12.8. The molecule has 10 heteroatoms. The number of rotatable bonds is 6. The van der Waals surface area contributed by atoms with Gasteiger partial charge in [-0.15, -0.1) is 0 Å². The lowest BCUT2D eigenvalue weighted by Crippen LogP contribution is -2.29. The van der Waals surface area contributed by atoms with Gasteiger partial charge >= 0.3 is 10.1 Å². The Morgan fingerprint density at radius 3 is 2.33 bits per heavy atom. The van der Waals surface area contributed by atoms with Gasteiger partial charge in [-0.1, -0.05) is 24.3 Å². The lowest BCUT2D eigenvalue weighted by Gasteiger charge is -2.33. The molecule has 0 radical (unpaired) electrons. The van der Waals surface area contributed by atoms with Crippen molar-refractivity contribution in [3.63, 3.8) is 0 Å². The highest BCUT2D eigenvalue weighted by Gasteiger charge is 2.53. The van der Waals surface area contributed by atoms with Crippen molar-refractivity contribution in [2.24, 2.45) is 0 Å². The molecule has 3 aromatic carbocycles. The quantitative estimate of drug-likeness (QED) is 0.246. The summed E-state index contributed by atoms with van der Waals surface area (Å²) in [5.41, 5.74) is 1.90. The highest BCUT2D eigenvalue weighted by Crippen LogP contribution is 2.56. The summed E-state index contributed by atoms with van der Waals surface area (Å²) in [6, 6.07) is 11.2. The van der Waals surface area contributed by atoms with Crippen molar-refractivity contribution < 1.29 is 35.0 Å². The third kappa shape index (κ3) is 4.39. The summed E-state index contributed by atoms with van der Waals surface area (Å²) in [5, 5.41) is 1.83. The second-order valence-corrected chi connectivity index (χ2v) is 15.9. The Bertz CT molecular complexity index is 1870. The van der Waals surface area contributed by atoms with E-state index < -0.39 is 25.8 Å². The first kappa shape index (κ1) is 28.0. The molecule has 3 unspecified atom stereocenters. The van der Waals surface area contributed by atoms with Gasteiger partial charge in [0.1, 0.15) is 20.8 Å². The lowest BCUT2D eigenvalue weighted by molar-refractivity contribution is 0.00884. The van der Waals surface area contributed by atoms with Gasteiger partial charge in [0.15, 0.2) is 0 Å². The molecule has 8 nitrogen and oxygen atoms in total. The van der Waals surface area contributed by atoms with Crippen LogP contribution in [0, 0.1) is 6.92 Å². The van der Waals surface area contributed by atoms with Crippen molar-refractivity contribution in [3.8, 4) is 5.75 Å². The van der Waals surface area contributed by atoms with Crippen molar-refractivity contribution in [3.05, 3.63) is 64.2 Å². The van der Waals surface area contributed by atoms with Crippen molar-refractivity contribution in [1.82, 2.24) is 0 Å². The minimum absolute atomic E-state index is 0.0534. The van der Waals surface area contributed by atoms with E-state index in [1.165, 1.54) is 6.07 Å². The van der Waals surface area contributed by atoms with Gasteiger partial charge < -0.3 is 18.2 Å². The van der Waals surface area contributed by atoms with Gasteiger partial charge in [-0.05, 0) is 117 Å². The zero-order valence-corrected chi connectivity index (χ0v) is 25.8. The first-order valence-electron chi connectivity index (χ1n) is 15.5. The number of ether oxygens (including phenoxy) is 2. The van der Waals surface area contributed by atoms with Crippen LogP contribution in [0.25, 0.3) is 10.8 Å². The molecule has 4 heterocycles. The monoisotopic (exact) mass is 623 g/mol. The second kappa shape index (κ2) is 9.75. The van der Waals surface area contributed by atoms with E-state index in [2.05, 4.69) is 0 Å². The fourth-order valence-corrected chi connectivity index (χ4v) is 11.2. The van der Waals surface area contributed by atoms with Gasteiger partial charge in [0.05, 0.1) is 28.8 Å². The van der Waals surface area contributed by atoms with Crippen LogP contribution in [-0.4, -0.2) is 39.7 Å². The van der Waals surface area contributed by atoms with Crippen molar-refractivity contribution >= 4 is 31.0 Å². The van der Waals surface area contributed by atoms with Crippen LogP contribution in [0.5, 0.6) is 5.75 Å². The smallest absolute Gasteiger partial charge is 0.339 e. The van der Waals surface area contributed by atoms with Crippen LogP contribution in [0.3, 0.4) is 0 Å². The molecule has 0 saturated carbocycles. The molecule has 3 aromatic rings. The van der Waals surface area contributed by atoms with E-state index in [0.717, 1.165) is 74.1 Å².